The van der Waals surface area contributed by atoms with E-state index in [1.54, 1.807) is 32.4 Å². The van der Waals surface area contributed by atoms with Crippen LogP contribution in [0.5, 0.6) is 17.5 Å². The molecular weight excluding hydrogens is 260 g/mol. The number of ether oxygens (including phenoxy) is 3. The Hall–Kier alpha value is -2.57. The van der Waals surface area contributed by atoms with Gasteiger partial charge in [0.15, 0.2) is 5.82 Å². The number of nitrogens with zero attached hydrogens (tertiary/aromatic N) is 3. The first-order valence-corrected chi connectivity index (χ1v) is 6.04. The Bertz CT molecular complexity index is 582. The van der Waals surface area contributed by atoms with Crippen molar-refractivity contribution in [2.24, 2.45) is 0 Å². The number of rotatable bonds is 5. The molecule has 1 heterocycles. The summed E-state index contributed by atoms with van der Waals surface area (Å²) in [7, 11) is 3.15. The number of anilines is 1. The summed E-state index contributed by atoms with van der Waals surface area (Å²) in [6.07, 6.45) is 0. The van der Waals surface area contributed by atoms with E-state index >= 15 is 0 Å². The molecule has 0 aliphatic heterocycles. The molecule has 2 N–H and O–H groups in total. The Morgan fingerprint density at radius 1 is 1.00 bits per heavy atom. The second-order valence-corrected chi connectivity index (χ2v) is 3.83. The molecule has 1 aromatic heterocycles. The molecule has 20 heavy (non-hydrogen) atoms. The molecule has 1 aromatic carbocycles. The molecule has 0 amide bonds. The summed E-state index contributed by atoms with van der Waals surface area (Å²) in [5, 5.41) is 0. The van der Waals surface area contributed by atoms with Crippen LogP contribution in [-0.4, -0.2) is 35.8 Å². The van der Waals surface area contributed by atoms with Crippen molar-refractivity contribution in [1.29, 1.82) is 0 Å². The maximum atomic E-state index is 5.66. The highest BCUT2D eigenvalue weighted by atomic mass is 16.5. The Kier molecular flexibility index (Phi) is 4.19. The van der Waals surface area contributed by atoms with Gasteiger partial charge in [-0.2, -0.15) is 15.0 Å². The van der Waals surface area contributed by atoms with Crippen molar-refractivity contribution in [1.82, 2.24) is 15.0 Å². The molecule has 7 nitrogen and oxygen atoms in total. The monoisotopic (exact) mass is 276 g/mol. The van der Waals surface area contributed by atoms with Gasteiger partial charge in [0.25, 0.3) is 0 Å². The minimum Gasteiger partial charge on any atom is -0.497 e. The molecule has 0 atom stereocenters. The third kappa shape index (κ3) is 3.05. The second-order valence-electron chi connectivity index (χ2n) is 3.83. The first-order valence-electron chi connectivity index (χ1n) is 6.04. The largest absolute Gasteiger partial charge is 0.497 e. The summed E-state index contributed by atoms with van der Waals surface area (Å²) < 4.78 is 15.7. The average Bonchev–Trinajstić information content (AvgIpc) is 2.46. The predicted molar refractivity (Wildman–Crippen MR) is 73.9 cm³/mol. The van der Waals surface area contributed by atoms with Crippen LogP contribution in [0.4, 0.5) is 5.95 Å². The van der Waals surface area contributed by atoms with Crippen LogP contribution < -0.4 is 19.9 Å². The highest BCUT2D eigenvalue weighted by molar-refractivity contribution is 5.61. The van der Waals surface area contributed by atoms with E-state index in [4.69, 9.17) is 19.9 Å². The zero-order chi connectivity index (χ0) is 14.5. The van der Waals surface area contributed by atoms with Gasteiger partial charge in [-0.05, 0) is 19.1 Å². The van der Waals surface area contributed by atoms with Gasteiger partial charge in [0.05, 0.1) is 20.8 Å². The summed E-state index contributed by atoms with van der Waals surface area (Å²) in [6, 6.07) is 5.52. The average molecular weight is 276 g/mol. The molecular formula is C13H16N4O3. The Morgan fingerprint density at radius 2 is 1.65 bits per heavy atom. The number of nitrogen functional groups attached to an aromatic ring is 1. The van der Waals surface area contributed by atoms with Gasteiger partial charge in [-0.15, -0.1) is 0 Å². The number of hydrogen-bond donors (Lipinski definition) is 1. The van der Waals surface area contributed by atoms with Crippen LogP contribution in [0.1, 0.15) is 6.92 Å². The maximum absolute atomic E-state index is 5.66. The lowest BCUT2D eigenvalue weighted by Gasteiger charge is -2.09. The fourth-order valence-corrected chi connectivity index (χ4v) is 1.63. The van der Waals surface area contributed by atoms with Gasteiger partial charge in [0.2, 0.25) is 5.95 Å². The van der Waals surface area contributed by atoms with Gasteiger partial charge in [-0.3, -0.25) is 0 Å². The van der Waals surface area contributed by atoms with Crippen LogP contribution in [0.15, 0.2) is 18.2 Å². The van der Waals surface area contributed by atoms with Crippen molar-refractivity contribution in [3.05, 3.63) is 18.2 Å². The number of benzene rings is 1. The third-order valence-electron chi connectivity index (χ3n) is 2.52. The molecule has 0 saturated carbocycles. The first-order chi connectivity index (χ1) is 9.66. The lowest BCUT2D eigenvalue weighted by molar-refractivity contribution is 0.312. The molecule has 2 rings (SSSR count). The van der Waals surface area contributed by atoms with E-state index < -0.39 is 0 Å². The van der Waals surface area contributed by atoms with Crippen molar-refractivity contribution in [2.75, 3.05) is 26.6 Å². The fourth-order valence-electron chi connectivity index (χ4n) is 1.63. The van der Waals surface area contributed by atoms with Crippen LogP contribution in [0.25, 0.3) is 11.4 Å². The Balaban J connectivity index is 2.49. The molecule has 0 spiro atoms. The van der Waals surface area contributed by atoms with Crippen molar-refractivity contribution in [3.63, 3.8) is 0 Å². The van der Waals surface area contributed by atoms with E-state index in [0.29, 0.717) is 29.5 Å². The standard InChI is InChI=1S/C13H16N4O3/c1-4-20-13-16-11(15-12(14)17-13)8-5-9(18-2)7-10(6-8)19-3/h5-7H,4H2,1-3H3,(H2,14,15,16,17). The molecule has 2 aromatic rings. The van der Waals surface area contributed by atoms with E-state index in [1.165, 1.54) is 0 Å². The first kappa shape index (κ1) is 13.9. The zero-order valence-corrected chi connectivity index (χ0v) is 11.6. The number of aromatic nitrogens is 3. The van der Waals surface area contributed by atoms with Crippen LogP contribution >= 0.6 is 0 Å². The minimum absolute atomic E-state index is 0.0974. The van der Waals surface area contributed by atoms with Crippen molar-refractivity contribution in [2.45, 2.75) is 6.92 Å². The van der Waals surface area contributed by atoms with E-state index in [-0.39, 0.29) is 12.0 Å². The maximum Gasteiger partial charge on any atom is 0.321 e. The predicted octanol–water partition coefficient (Wildman–Crippen LogP) is 1.54. The summed E-state index contributed by atoms with van der Waals surface area (Å²) in [5.41, 5.74) is 6.37. The molecule has 106 valence electrons. The van der Waals surface area contributed by atoms with Crippen LogP contribution in [0, 0.1) is 0 Å². The summed E-state index contributed by atoms with van der Waals surface area (Å²) >= 11 is 0. The number of nitrogens with two attached hydrogens (primary N) is 1. The Labute approximate surface area is 116 Å². The number of hydrogen-bond acceptors (Lipinski definition) is 7. The van der Waals surface area contributed by atoms with Crippen LogP contribution in [0.2, 0.25) is 0 Å². The second kappa shape index (κ2) is 6.05. The SMILES string of the molecule is CCOc1nc(N)nc(-c2cc(OC)cc(OC)c2)n1. The zero-order valence-electron chi connectivity index (χ0n) is 11.6. The van der Waals surface area contributed by atoms with Crippen LogP contribution in [0.3, 0.4) is 0 Å². The van der Waals surface area contributed by atoms with Gasteiger partial charge in [0.1, 0.15) is 11.5 Å². The lowest BCUT2D eigenvalue weighted by Crippen LogP contribution is -2.05. The topological polar surface area (TPSA) is 92.4 Å². The van der Waals surface area contributed by atoms with Gasteiger partial charge in [-0.1, -0.05) is 0 Å². The molecule has 0 unspecified atom stereocenters. The van der Waals surface area contributed by atoms with E-state index in [2.05, 4.69) is 15.0 Å². The molecule has 0 bridgehead atoms. The van der Waals surface area contributed by atoms with Crippen molar-refractivity contribution < 1.29 is 14.2 Å². The third-order valence-corrected chi connectivity index (χ3v) is 2.52. The highest BCUT2D eigenvalue weighted by Gasteiger charge is 2.10. The van der Waals surface area contributed by atoms with Crippen LogP contribution in [-0.2, 0) is 0 Å². The van der Waals surface area contributed by atoms with Gasteiger partial charge >= 0.3 is 6.01 Å². The van der Waals surface area contributed by atoms with Gasteiger partial charge in [-0.25, -0.2) is 0 Å². The Morgan fingerprint density at radius 3 is 2.20 bits per heavy atom. The summed E-state index contributed by atoms with van der Waals surface area (Å²) in [5.74, 6) is 1.77. The summed E-state index contributed by atoms with van der Waals surface area (Å²) in [6.45, 7) is 2.29. The summed E-state index contributed by atoms with van der Waals surface area (Å²) in [4.78, 5) is 12.2. The number of methoxy groups -OCH3 is 2. The molecule has 0 radical (unpaired) electrons. The lowest BCUT2D eigenvalue weighted by atomic mass is 10.2. The molecule has 7 heteroatoms. The normalized spacial score (nSPS) is 10.2. The van der Waals surface area contributed by atoms with Gasteiger partial charge < -0.3 is 19.9 Å². The smallest absolute Gasteiger partial charge is 0.321 e. The molecule has 0 aliphatic carbocycles. The highest BCUT2D eigenvalue weighted by Crippen LogP contribution is 2.28. The van der Waals surface area contributed by atoms with E-state index in [1.807, 2.05) is 6.92 Å². The van der Waals surface area contributed by atoms with Crippen molar-refractivity contribution in [3.8, 4) is 28.9 Å². The van der Waals surface area contributed by atoms with E-state index in [9.17, 15) is 0 Å². The minimum atomic E-state index is 0.0974. The molecule has 0 aliphatic rings. The van der Waals surface area contributed by atoms with E-state index in [0.717, 1.165) is 0 Å². The fraction of sp³-hybridized carbons (Fsp3) is 0.308. The molecule has 0 fully saturated rings. The van der Waals surface area contributed by atoms with Gasteiger partial charge in [0, 0.05) is 11.6 Å². The quantitative estimate of drug-likeness (QED) is 0.885. The van der Waals surface area contributed by atoms with Crippen molar-refractivity contribution >= 4 is 5.95 Å². The molecule has 0 saturated heterocycles.